The Morgan fingerprint density at radius 3 is 2.96 bits per heavy atom. The molecule has 1 aliphatic rings. The van der Waals surface area contributed by atoms with Gasteiger partial charge in [-0.2, -0.15) is 0 Å². The molecule has 1 atom stereocenters. The quantitative estimate of drug-likeness (QED) is 0.712. The van der Waals surface area contributed by atoms with E-state index in [1.54, 1.807) is 6.20 Å². The Bertz CT molecular complexity index is 736. The molecule has 26 heavy (non-hydrogen) atoms. The van der Waals surface area contributed by atoms with Gasteiger partial charge in [0, 0.05) is 12.4 Å². The molecule has 0 saturated carbocycles. The van der Waals surface area contributed by atoms with Gasteiger partial charge in [-0.3, -0.25) is 14.9 Å². The molecule has 0 aliphatic heterocycles. The number of nitrogens with two attached hydrogens (primary N) is 1. The molecule has 0 amide bonds. The average molecular weight is 355 g/mol. The fourth-order valence-corrected chi connectivity index (χ4v) is 3.74. The maximum Gasteiger partial charge on any atom is 0.121 e. The van der Waals surface area contributed by atoms with Gasteiger partial charge in [-0.25, -0.2) is 4.98 Å². The number of H-pyrrole nitrogens is 1. The number of unbranched alkanes of at least 4 members (excludes halogenated alkanes) is 1. The molecular weight excluding hydrogens is 324 g/mol. The maximum absolute atomic E-state index is 5.71. The third kappa shape index (κ3) is 4.37. The minimum Gasteiger partial charge on any atom is -0.341 e. The third-order valence-electron chi connectivity index (χ3n) is 5.01. The van der Waals surface area contributed by atoms with Crippen molar-refractivity contribution >= 4 is 6.08 Å². The van der Waals surface area contributed by atoms with Gasteiger partial charge in [0.25, 0.3) is 0 Å². The Labute approximate surface area is 156 Å². The summed E-state index contributed by atoms with van der Waals surface area (Å²) in [4.78, 5) is 19.9. The second-order valence-corrected chi connectivity index (χ2v) is 6.95. The molecule has 140 valence electrons. The Morgan fingerprint density at radius 2 is 2.15 bits per heavy atom. The Kier molecular flexibility index (Phi) is 6.52. The molecule has 6 heteroatoms. The van der Waals surface area contributed by atoms with Crippen molar-refractivity contribution in [3.63, 3.8) is 0 Å². The molecule has 1 aliphatic carbocycles. The second-order valence-electron chi connectivity index (χ2n) is 6.95. The molecule has 6 nitrogen and oxygen atoms in total. The Morgan fingerprint density at radius 1 is 1.31 bits per heavy atom. The van der Waals surface area contributed by atoms with Crippen molar-refractivity contribution in [1.29, 1.82) is 0 Å². The van der Waals surface area contributed by atoms with Crippen LogP contribution in [0.15, 0.2) is 18.5 Å². The van der Waals surface area contributed by atoms with Gasteiger partial charge < -0.3 is 10.7 Å². The lowest BCUT2D eigenvalue weighted by molar-refractivity contribution is 0.158. The summed E-state index contributed by atoms with van der Waals surface area (Å²) in [5.41, 5.74) is 10.1. The van der Waals surface area contributed by atoms with Crippen molar-refractivity contribution in [2.75, 3.05) is 13.1 Å². The monoisotopic (exact) mass is 354 g/mol. The minimum atomic E-state index is 0.306. The number of fused-ring (bicyclic) bond motifs is 1. The molecule has 3 rings (SSSR count). The van der Waals surface area contributed by atoms with Crippen molar-refractivity contribution in [3.8, 4) is 0 Å². The van der Waals surface area contributed by atoms with Crippen LogP contribution in [0.1, 0.15) is 67.2 Å². The average Bonchev–Trinajstić information content (AvgIpc) is 3.00. The number of aromatic nitrogens is 4. The van der Waals surface area contributed by atoms with E-state index in [1.807, 2.05) is 19.2 Å². The van der Waals surface area contributed by atoms with E-state index < -0.39 is 0 Å². The zero-order chi connectivity index (χ0) is 18.4. The molecule has 3 N–H and O–H groups in total. The zero-order valence-electron chi connectivity index (χ0n) is 15.9. The molecule has 0 bridgehead atoms. The fourth-order valence-electron chi connectivity index (χ4n) is 3.74. The van der Waals surface area contributed by atoms with Crippen LogP contribution in [0.5, 0.6) is 0 Å². The highest BCUT2D eigenvalue weighted by atomic mass is 15.2. The molecule has 2 aromatic rings. The predicted octanol–water partition coefficient (Wildman–Crippen LogP) is 3.16. The summed E-state index contributed by atoms with van der Waals surface area (Å²) in [6, 6.07) is 0.306. The topological polar surface area (TPSA) is 83.7 Å². The van der Waals surface area contributed by atoms with E-state index in [9.17, 15) is 0 Å². The number of rotatable bonds is 8. The molecule has 0 aromatic carbocycles. The Hall–Kier alpha value is -2.05. The van der Waals surface area contributed by atoms with Gasteiger partial charge in [-0.05, 0) is 65.1 Å². The van der Waals surface area contributed by atoms with E-state index >= 15 is 0 Å². The first-order valence-corrected chi connectivity index (χ1v) is 9.65. The van der Waals surface area contributed by atoms with Crippen molar-refractivity contribution in [2.24, 2.45) is 5.73 Å². The molecule has 2 heterocycles. The van der Waals surface area contributed by atoms with Gasteiger partial charge in [-0.1, -0.05) is 6.08 Å². The summed E-state index contributed by atoms with van der Waals surface area (Å²) in [5.74, 6) is 1.01. The smallest absolute Gasteiger partial charge is 0.121 e. The highest BCUT2D eigenvalue weighted by Crippen LogP contribution is 2.32. The van der Waals surface area contributed by atoms with Crippen LogP contribution in [0, 0.1) is 6.92 Å². The van der Waals surface area contributed by atoms with Gasteiger partial charge in [-0.15, -0.1) is 0 Å². The lowest BCUT2D eigenvalue weighted by atomic mass is 9.94. The van der Waals surface area contributed by atoms with Gasteiger partial charge in [0.2, 0.25) is 0 Å². The van der Waals surface area contributed by atoms with Crippen molar-refractivity contribution in [3.05, 3.63) is 47.1 Å². The van der Waals surface area contributed by atoms with E-state index in [4.69, 9.17) is 10.7 Å². The third-order valence-corrected chi connectivity index (χ3v) is 5.01. The molecule has 0 spiro atoms. The van der Waals surface area contributed by atoms with Crippen molar-refractivity contribution in [1.82, 2.24) is 24.8 Å². The molecular formula is C20H30N6. The largest absolute Gasteiger partial charge is 0.341 e. The summed E-state index contributed by atoms with van der Waals surface area (Å²) >= 11 is 0. The van der Waals surface area contributed by atoms with Gasteiger partial charge >= 0.3 is 0 Å². The lowest BCUT2D eigenvalue weighted by Gasteiger charge is -2.34. The summed E-state index contributed by atoms with van der Waals surface area (Å²) < 4.78 is 0. The normalized spacial score (nSPS) is 17.2. The number of nitrogens with one attached hydrogen (secondary N) is 1. The van der Waals surface area contributed by atoms with Crippen LogP contribution < -0.4 is 5.73 Å². The van der Waals surface area contributed by atoms with Crippen LogP contribution in [0.2, 0.25) is 0 Å². The van der Waals surface area contributed by atoms with Crippen LogP contribution >= 0.6 is 0 Å². The lowest BCUT2D eigenvalue weighted by Crippen LogP contribution is -2.33. The Balaban J connectivity index is 1.82. The van der Waals surface area contributed by atoms with Gasteiger partial charge in [0.1, 0.15) is 5.82 Å². The minimum absolute atomic E-state index is 0.306. The van der Waals surface area contributed by atoms with Crippen molar-refractivity contribution < 1.29 is 0 Å². The van der Waals surface area contributed by atoms with Crippen molar-refractivity contribution in [2.45, 2.75) is 58.5 Å². The van der Waals surface area contributed by atoms with Crippen LogP contribution in [0.4, 0.5) is 0 Å². The number of aromatic amines is 1. The van der Waals surface area contributed by atoms with E-state index in [0.29, 0.717) is 6.04 Å². The van der Waals surface area contributed by atoms with Gasteiger partial charge in [0.05, 0.1) is 35.4 Å². The van der Waals surface area contributed by atoms with Crippen LogP contribution in [0.25, 0.3) is 6.08 Å². The first-order chi connectivity index (χ1) is 12.7. The molecule has 1 unspecified atom stereocenters. The maximum atomic E-state index is 5.71. The highest BCUT2D eigenvalue weighted by molar-refractivity contribution is 5.47. The molecule has 2 aromatic heterocycles. The molecule has 0 saturated heterocycles. The highest BCUT2D eigenvalue weighted by Gasteiger charge is 2.28. The molecule has 0 radical (unpaired) electrons. The number of allylic oxidation sites excluding steroid dienone is 1. The van der Waals surface area contributed by atoms with E-state index in [1.165, 1.54) is 0 Å². The summed E-state index contributed by atoms with van der Waals surface area (Å²) in [6.07, 6.45) is 13.2. The van der Waals surface area contributed by atoms with E-state index in [-0.39, 0.29) is 0 Å². The fraction of sp³-hybridized carbons (Fsp3) is 0.550. The number of hydrogen-bond acceptors (Lipinski definition) is 5. The van der Waals surface area contributed by atoms with Crippen LogP contribution in [-0.4, -0.2) is 37.9 Å². The SMILES string of the molecule is C/C=C\c1[nH]c(CN(CCCCN)C2CCCc3nccnc32)nc1C. The second kappa shape index (κ2) is 9.05. The number of imidazole rings is 1. The predicted molar refractivity (Wildman–Crippen MR) is 104 cm³/mol. The van der Waals surface area contributed by atoms with Gasteiger partial charge in [0.15, 0.2) is 0 Å². The van der Waals surface area contributed by atoms with Crippen LogP contribution in [0.3, 0.4) is 0 Å². The number of aryl methyl sites for hydroxylation is 2. The molecule has 0 fully saturated rings. The van der Waals surface area contributed by atoms with E-state index in [2.05, 4.69) is 32.9 Å². The van der Waals surface area contributed by atoms with E-state index in [0.717, 1.165) is 80.3 Å². The summed E-state index contributed by atoms with van der Waals surface area (Å²) in [5, 5.41) is 0. The first-order valence-electron chi connectivity index (χ1n) is 9.65. The summed E-state index contributed by atoms with van der Waals surface area (Å²) in [7, 11) is 0. The number of nitrogens with zero attached hydrogens (tertiary/aromatic N) is 4. The number of hydrogen-bond donors (Lipinski definition) is 2. The first kappa shape index (κ1) is 18.7. The zero-order valence-corrected chi connectivity index (χ0v) is 15.9. The summed E-state index contributed by atoms with van der Waals surface area (Å²) in [6.45, 7) is 6.60. The standard InChI is InChI=1S/C20H30N6/c1-3-7-16-15(2)24-19(25-16)14-26(13-5-4-10-21)18-9-6-8-17-20(18)23-12-11-22-17/h3,7,11-12,18H,4-6,8-10,13-14,21H2,1-2H3,(H,24,25)/b7-3-. The van der Waals surface area contributed by atoms with Crippen LogP contribution in [-0.2, 0) is 13.0 Å².